The van der Waals surface area contributed by atoms with Gasteiger partial charge in [-0.15, -0.1) is 0 Å². The van der Waals surface area contributed by atoms with E-state index in [4.69, 9.17) is 9.47 Å². The van der Waals surface area contributed by atoms with Gasteiger partial charge in [-0.2, -0.15) is 0 Å². The van der Waals surface area contributed by atoms with Crippen molar-refractivity contribution in [2.24, 2.45) is 0 Å². The summed E-state index contributed by atoms with van der Waals surface area (Å²) in [4.78, 5) is 23.0. The predicted molar refractivity (Wildman–Crippen MR) is 103 cm³/mol. The normalized spacial score (nSPS) is 22.8. The number of nitrogens with one attached hydrogen (secondary N) is 2. The van der Waals surface area contributed by atoms with Gasteiger partial charge in [0.05, 0.1) is 19.3 Å². The van der Waals surface area contributed by atoms with Gasteiger partial charge in [-0.05, 0) is 12.5 Å². The number of rotatable bonds is 5. The van der Waals surface area contributed by atoms with Crippen LogP contribution in [0.25, 0.3) is 0 Å². The molecule has 0 saturated carbocycles. The van der Waals surface area contributed by atoms with Crippen molar-refractivity contribution in [2.75, 3.05) is 20.2 Å². The molecule has 2 saturated heterocycles. The summed E-state index contributed by atoms with van der Waals surface area (Å²) in [7, 11) is 1.66. The lowest BCUT2D eigenvalue weighted by molar-refractivity contribution is -0.135. The Kier molecular flexibility index (Phi) is 5.68. The Balaban J connectivity index is 1.30. The van der Waals surface area contributed by atoms with E-state index in [9.17, 15) is 4.79 Å². The lowest BCUT2D eigenvalue weighted by Gasteiger charge is -2.33. The van der Waals surface area contributed by atoms with Crippen molar-refractivity contribution < 1.29 is 14.3 Å². The minimum Gasteiger partial charge on any atom is -0.496 e. The molecule has 1 aromatic carbocycles. The molecule has 2 N–H and O–H groups in total. The summed E-state index contributed by atoms with van der Waals surface area (Å²) in [6.07, 6.45) is 7.19. The molecule has 2 aromatic rings. The Morgan fingerprint density at radius 3 is 2.75 bits per heavy atom. The molecule has 1 amide bonds. The average molecular weight is 383 g/mol. The molecule has 3 heterocycles. The average Bonchev–Trinajstić information content (AvgIpc) is 3.24. The molecule has 148 valence electrons. The van der Waals surface area contributed by atoms with Crippen LogP contribution in [-0.4, -0.2) is 53.1 Å². The van der Waals surface area contributed by atoms with Gasteiger partial charge in [0, 0.05) is 43.9 Å². The molecule has 0 bridgehead atoms. The number of hydrogen-bond acceptors (Lipinski definition) is 7. The van der Waals surface area contributed by atoms with E-state index in [0.29, 0.717) is 25.4 Å². The van der Waals surface area contributed by atoms with Crippen molar-refractivity contribution in [1.29, 1.82) is 0 Å². The number of amides is 1. The van der Waals surface area contributed by atoms with E-state index < -0.39 is 0 Å². The predicted octanol–water partition coefficient (Wildman–Crippen LogP) is 1.46. The minimum atomic E-state index is -0.243. The number of hydrazine groups is 1. The van der Waals surface area contributed by atoms with Crippen LogP contribution in [0.1, 0.15) is 30.9 Å². The molecule has 8 nitrogen and oxygen atoms in total. The maximum absolute atomic E-state index is 12.9. The quantitative estimate of drug-likeness (QED) is 0.808. The van der Waals surface area contributed by atoms with Crippen molar-refractivity contribution in [2.45, 2.75) is 37.5 Å². The zero-order chi connectivity index (χ0) is 19.3. The molecule has 0 aliphatic carbocycles. The molecule has 0 spiro atoms. The van der Waals surface area contributed by atoms with Gasteiger partial charge in [-0.1, -0.05) is 18.2 Å². The van der Waals surface area contributed by atoms with E-state index in [1.807, 2.05) is 29.2 Å². The Bertz CT molecular complexity index is 795. The molecule has 2 atom stereocenters. The van der Waals surface area contributed by atoms with Crippen LogP contribution in [0.4, 0.5) is 0 Å². The third-order valence-corrected chi connectivity index (χ3v) is 5.30. The molecule has 2 unspecified atom stereocenters. The maximum atomic E-state index is 12.9. The maximum Gasteiger partial charge on any atom is 0.241 e. The Morgan fingerprint density at radius 2 is 2.00 bits per heavy atom. The Morgan fingerprint density at radius 1 is 1.18 bits per heavy atom. The summed E-state index contributed by atoms with van der Waals surface area (Å²) >= 11 is 0. The number of likely N-dealkylation sites (tertiary alicyclic amines) is 1. The van der Waals surface area contributed by atoms with Crippen molar-refractivity contribution in [3.8, 4) is 11.6 Å². The first-order valence-electron chi connectivity index (χ1n) is 9.60. The highest BCUT2D eigenvalue weighted by atomic mass is 16.5. The summed E-state index contributed by atoms with van der Waals surface area (Å²) in [6.45, 7) is 1.36. The number of aromatic nitrogens is 2. The van der Waals surface area contributed by atoms with E-state index >= 15 is 0 Å². The van der Waals surface area contributed by atoms with Crippen LogP contribution in [0, 0.1) is 0 Å². The summed E-state index contributed by atoms with van der Waals surface area (Å²) in [5.41, 5.74) is 7.46. The van der Waals surface area contributed by atoms with Gasteiger partial charge in [0.15, 0.2) is 0 Å². The number of methoxy groups -OCH3 is 1. The van der Waals surface area contributed by atoms with E-state index in [1.54, 1.807) is 25.7 Å². The van der Waals surface area contributed by atoms with E-state index in [-0.39, 0.29) is 24.1 Å². The van der Waals surface area contributed by atoms with E-state index in [1.165, 1.54) is 0 Å². The SMILES string of the molecule is COc1ccccc1C1CC(C(=O)N2CCC(Oc3cnccn3)CC2)NN1. The summed E-state index contributed by atoms with van der Waals surface area (Å²) in [6, 6.07) is 7.70. The second kappa shape index (κ2) is 8.53. The van der Waals surface area contributed by atoms with E-state index in [2.05, 4.69) is 20.8 Å². The van der Waals surface area contributed by atoms with Crippen LogP contribution in [0.2, 0.25) is 0 Å². The molecule has 0 radical (unpaired) electrons. The smallest absolute Gasteiger partial charge is 0.241 e. The second-order valence-electron chi connectivity index (χ2n) is 7.06. The number of piperidine rings is 1. The molecule has 2 aliphatic heterocycles. The van der Waals surface area contributed by atoms with Crippen molar-refractivity contribution >= 4 is 5.91 Å². The number of nitrogens with zero attached hydrogens (tertiary/aromatic N) is 3. The highest BCUT2D eigenvalue weighted by Crippen LogP contribution is 2.30. The highest BCUT2D eigenvalue weighted by molar-refractivity contribution is 5.82. The van der Waals surface area contributed by atoms with Crippen molar-refractivity contribution in [3.63, 3.8) is 0 Å². The van der Waals surface area contributed by atoms with Crippen LogP contribution in [0.5, 0.6) is 11.6 Å². The fraction of sp³-hybridized carbons (Fsp3) is 0.450. The summed E-state index contributed by atoms with van der Waals surface area (Å²) in [5.74, 6) is 1.49. The molecule has 1 aromatic heterocycles. The molecule has 2 fully saturated rings. The topological polar surface area (TPSA) is 88.6 Å². The van der Waals surface area contributed by atoms with Gasteiger partial charge in [0.2, 0.25) is 11.8 Å². The van der Waals surface area contributed by atoms with Gasteiger partial charge < -0.3 is 14.4 Å². The minimum absolute atomic E-state index is 0.0441. The first kappa shape index (κ1) is 18.6. The van der Waals surface area contributed by atoms with Crippen LogP contribution in [0.3, 0.4) is 0 Å². The number of para-hydroxylation sites is 1. The zero-order valence-corrected chi connectivity index (χ0v) is 15.9. The van der Waals surface area contributed by atoms with Crippen molar-refractivity contribution in [3.05, 3.63) is 48.4 Å². The molecule has 28 heavy (non-hydrogen) atoms. The number of carbonyl (C=O) groups excluding carboxylic acids is 1. The molecule has 2 aliphatic rings. The van der Waals surface area contributed by atoms with Crippen LogP contribution >= 0.6 is 0 Å². The van der Waals surface area contributed by atoms with Gasteiger partial charge in [-0.25, -0.2) is 15.8 Å². The largest absolute Gasteiger partial charge is 0.496 e. The number of carbonyl (C=O) groups is 1. The number of ether oxygens (including phenoxy) is 2. The Labute approximate surface area is 164 Å². The number of benzene rings is 1. The molecule has 8 heteroatoms. The molecule has 4 rings (SSSR count). The van der Waals surface area contributed by atoms with Gasteiger partial charge >= 0.3 is 0 Å². The molecular formula is C20H25N5O3. The van der Waals surface area contributed by atoms with Gasteiger partial charge in [0.25, 0.3) is 0 Å². The lowest BCUT2D eigenvalue weighted by Crippen LogP contribution is -2.49. The third kappa shape index (κ3) is 4.07. The van der Waals surface area contributed by atoms with Gasteiger partial charge in [0.1, 0.15) is 17.9 Å². The summed E-state index contributed by atoms with van der Waals surface area (Å²) < 4.78 is 11.3. The van der Waals surface area contributed by atoms with Crippen molar-refractivity contribution in [1.82, 2.24) is 25.7 Å². The first-order valence-corrected chi connectivity index (χ1v) is 9.60. The third-order valence-electron chi connectivity index (χ3n) is 5.30. The van der Waals surface area contributed by atoms with E-state index in [0.717, 1.165) is 24.2 Å². The lowest BCUT2D eigenvalue weighted by atomic mass is 9.99. The first-order chi connectivity index (χ1) is 13.7. The van der Waals surface area contributed by atoms with Crippen LogP contribution in [0.15, 0.2) is 42.9 Å². The monoisotopic (exact) mass is 383 g/mol. The Hall–Kier alpha value is -2.71. The fourth-order valence-electron chi connectivity index (χ4n) is 3.81. The van der Waals surface area contributed by atoms with Crippen LogP contribution in [-0.2, 0) is 4.79 Å². The zero-order valence-electron chi connectivity index (χ0n) is 15.9. The molecular weight excluding hydrogens is 358 g/mol. The standard InChI is InChI=1S/C20H25N5O3/c1-27-18-5-3-2-4-15(18)16-12-17(24-23-16)20(26)25-10-6-14(7-11-25)28-19-13-21-8-9-22-19/h2-5,8-9,13-14,16-17,23-24H,6-7,10-12H2,1H3. The van der Waals surface area contributed by atoms with Gasteiger partial charge in [-0.3, -0.25) is 9.78 Å². The number of hydrogen-bond donors (Lipinski definition) is 2. The summed E-state index contributed by atoms with van der Waals surface area (Å²) in [5, 5.41) is 0. The second-order valence-corrected chi connectivity index (χ2v) is 7.06. The van der Waals surface area contributed by atoms with Crippen LogP contribution < -0.4 is 20.3 Å². The highest BCUT2D eigenvalue weighted by Gasteiger charge is 2.35. The fourth-order valence-corrected chi connectivity index (χ4v) is 3.81.